The number of ether oxygens (including phenoxy) is 1. The van der Waals surface area contributed by atoms with E-state index in [1.165, 1.54) is 12.0 Å². The first-order valence-corrected chi connectivity index (χ1v) is 12.0. The van der Waals surface area contributed by atoms with Crippen LogP contribution in [0.15, 0.2) is 40.3 Å². The molecule has 2 aromatic rings. The molecule has 0 amide bonds. The Morgan fingerprint density at radius 2 is 1.81 bits per heavy atom. The second kappa shape index (κ2) is 10.2. The highest BCUT2D eigenvalue weighted by atomic mass is 16.5. The van der Waals surface area contributed by atoms with Crippen molar-refractivity contribution < 1.29 is 9.15 Å². The largest absolute Gasteiger partial charge is 0.421 e. The molecule has 2 aliphatic rings. The molecule has 0 N–H and O–H groups in total. The van der Waals surface area contributed by atoms with Crippen LogP contribution in [0.5, 0.6) is 0 Å². The predicted octanol–water partition coefficient (Wildman–Crippen LogP) is 4.53. The van der Waals surface area contributed by atoms with Crippen LogP contribution in [-0.2, 0) is 11.2 Å². The number of aromatic nitrogens is 2. The Hall–Kier alpha value is -2.18. The van der Waals surface area contributed by atoms with Gasteiger partial charge in [0.25, 0.3) is 0 Å². The van der Waals surface area contributed by atoms with Crippen molar-refractivity contribution in [3.8, 4) is 11.5 Å². The van der Waals surface area contributed by atoms with Gasteiger partial charge >= 0.3 is 0 Å². The Kier molecular flexibility index (Phi) is 7.31. The van der Waals surface area contributed by atoms with Crippen molar-refractivity contribution in [3.05, 3.63) is 41.8 Å². The smallest absolute Gasteiger partial charge is 0.247 e. The molecule has 3 atom stereocenters. The lowest BCUT2D eigenvalue weighted by atomic mass is 9.69. The number of hydrogen-bond donors (Lipinski definition) is 0. The first-order valence-electron chi connectivity index (χ1n) is 12.0. The van der Waals surface area contributed by atoms with Crippen molar-refractivity contribution in [2.75, 3.05) is 51.8 Å². The first-order chi connectivity index (χ1) is 15.4. The second-order valence-corrected chi connectivity index (χ2v) is 9.97. The van der Waals surface area contributed by atoms with Gasteiger partial charge in [-0.1, -0.05) is 25.5 Å². The molecule has 0 bridgehead atoms. The van der Waals surface area contributed by atoms with Crippen LogP contribution in [0.3, 0.4) is 0 Å². The lowest BCUT2D eigenvalue weighted by molar-refractivity contribution is 0.0256. The zero-order valence-corrected chi connectivity index (χ0v) is 20.3. The molecule has 2 heterocycles. The molecular weight excluding hydrogens is 400 g/mol. The van der Waals surface area contributed by atoms with Crippen LogP contribution in [0.25, 0.3) is 11.5 Å². The molecule has 0 spiro atoms. The number of hydrogen-bond acceptors (Lipinski definition) is 6. The quantitative estimate of drug-likeness (QED) is 0.592. The summed E-state index contributed by atoms with van der Waals surface area (Å²) in [5.74, 6) is 3.75. The van der Waals surface area contributed by atoms with Crippen LogP contribution in [0.4, 0.5) is 5.69 Å². The van der Waals surface area contributed by atoms with Gasteiger partial charge in [-0.25, -0.2) is 0 Å². The average Bonchev–Trinajstić information content (AvgIpc) is 3.24. The van der Waals surface area contributed by atoms with E-state index in [2.05, 4.69) is 59.0 Å². The molecule has 3 unspecified atom stereocenters. The van der Waals surface area contributed by atoms with E-state index in [0.717, 1.165) is 56.4 Å². The minimum Gasteiger partial charge on any atom is -0.421 e. The Morgan fingerprint density at radius 1 is 1.09 bits per heavy atom. The molecule has 4 rings (SSSR count). The van der Waals surface area contributed by atoms with Gasteiger partial charge in [0.2, 0.25) is 11.8 Å². The third-order valence-electron chi connectivity index (χ3n) is 7.18. The summed E-state index contributed by atoms with van der Waals surface area (Å²) in [6.45, 7) is 12.0. The summed E-state index contributed by atoms with van der Waals surface area (Å²) in [6, 6.07) is 8.25. The zero-order valence-electron chi connectivity index (χ0n) is 20.3. The molecule has 1 aromatic carbocycles. The van der Waals surface area contributed by atoms with E-state index >= 15 is 0 Å². The van der Waals surface area contributed by atoms with Gasteiger partial charge in [-0.05, 0) is 61.3 Å². The summed E-state index contributed by atoms with van der Waals surface area (Å²) in [7, 11) is 4.07. The summed E-state index contributed by atoms with van der Waals surface area (Å²) in [5, 5.41) is 8.71. The first kappa shape index (κ1) is 23.0. The van der Waals surface area contributed by atoms with E-state index < -0.39 is 0 Å². The van der Waals surface area contributed by atoms with Gasteiger partial charge in [0.1, 0.15) is 0 Å². The Balaban J connectivity index is 1.44. The maximum Gasteiger partial charge on any atom is 0.247 e. The van der Waals surface area contributed by atoms with E-state index in [1.54, 1.807) is 0 Å². The lowest BCUT2D eigenvalue weighted by Crippen LogP contribution is -2.42. The highest BCUT2D eigenvalue weighted by Crippen LogP contribution is 2.39. The van der Waals surface area contributed by atoms with Crippen molar-refractivity contribution in [1.82, 2.24) is 15.1 Å². The fraction of sp³-hybridized carbons (Fsp3) is 0.615. The number of nitrogens with zero attached hydrogens (tertiary/aromatic N) is 4. The molecule has 32 heavy (non-hydrogen) atoms. The fourth-order valence-corrected chi connectivity index (χ4v) is 5.13. The lowest BCUT2D eigenvalue weighted by Gasteiger charge is -2.40. The van der Waals surface area contributed by atoms with Crippen molar-refractivity contribution >= 4 is 5.69 Å². The summed E-state index contributed by atoms with van der Waals surface area (Å²) in [4.78, 5) is 4.65. The van der Waals surface area contributed by atoms with E-state index in [1.807, 2.05) is 26.2 Å². The number of morpholine rings is 1. The van der Waals surface area contributed by atoms with Crippen LogP contribution in [-0.4, -0.2) is 62.0 Å². The molecule has 0 saturated carbocycles. The number of benzene rings is 1. The Labute approximate surface area is 192 Å². The molecule has 1 fully saturated rings. The number of anilines is 1. The van der Waals surface area contributed by atoms with Crippen molar-refractivity contribution in [1.29, 1.82) is 0 Å². The molecule has 6 heteroatoms. The van der Waals surface area contributed by atoms with Gasteiger partial charge in [0.05, 0.1) is 13.2 Å². The second-order valence-electron chi connectivity index (χ2n) is 9.97. The highest BCUT2D eigenvalue weighted by molar-refractivity contribution is 5.58. The molecule has 0 radical (unpaired) electrons. The van der Waals surface area contributed by atoms with E-state index in [-0.39, 0.29) is 0 Å². The van der Waals surface area contributed by atoms with Gasteiger partial charge in [-0.15, -0.1) is 10.2 Å². The minimum absolute atomic E-state index is 0.466. The van der Waals surface area contributed by atoms with Crippen LogP contribution in [0, 0.1) is 23.7 Å². The zero-order chi connectivity index (χ0) is 22.7. The summed E-state index contributed by atoms with van der Waals surface area (Å²) in [5.41, 5.74) is 3.59. The molecule has 1 aliphatic heterocycles. The molecule has 1 saturated heterocycles. The standard InChI is InChI=1S/C26H38N4O2/c1-18(2)24-15-21(19(3)14-22(24)17-30-10-12-31-13-11-30)16-25-27-28-26(32-25)20-6-8-23(9-7-20)29(4)5/h6-9,14,18,21-22,24H,10-13,15-17H2,1-5H3. The van der Waals surface area contributed by atoms with Gasteiger partial charge < -0.3 is 14.1 Å². The molecular formula is C26H38N4O2. The molecule has 174 valence electrons. The maximum atomic E-state index is 6.08. The third-order valence-corrected chi connectivity index (χ3v) is 7.18. The third kappa shape index (κ3) is 5.41. The van der Waals surface area contributed by atoms with Crippen molar-refractivity contribution in [3.63, 3.8) is 0 Å². The normalized spacial score (nSPS) is 24.6. The summed E-state index contributed by atoms with van der Waals surface area (Å²) >= 11 is 0. The topological polar surface area (TPSA) is 54.6 Å². The van der Waals surface area contributed by atoms with Crippen LogP contribution < -0.4 is 4.90 Å². The predicted molar refractivity (Wildman–Crippen MR) is 129 cm³/mol. The van der Waals surface area contributed by atoms with Gasteiger partial charge in [0.15, 0.2) is 0 Å². The van der Waals surface area contributed by atoms with Crippen LogP contribution >= 0.6 is 0 Å². The molecule has 1 aromatic heterocycles. The summed E-state index contributed by atoms with van der Waals surface area (Å²) < 4.78 is 11.6. The molecule has 6 nitrogen and oxygen atoms in total. The van der Waals surface area contributed by atoms with E-state index in [4.69, 9.17) is 9.15 Å². The van der Waals surface area contributed by atoms with E-state index in [9.17, 15) is 0 Å². The highest BCUT2D eigenvalue weighted by Gasteiger charge is 2.33. The minimum atomic E-state index is 0.466. The number of allylic oxidation sites excluding steroid dienone is 1. The number of rotatable bonds is 7. The summed E-state index contributed by atoms with van der Waals surface area (Å²) in [6.07, 6.45) is 4.54. The fourth-order valence-electron chi connectivity index (χ4n) is 5.13. The van der Waals surface area contributed by atoms with Crippen molar-refractivity contribution in [2.24, 2.45) is 23.7 Å². The SMILES string of the molecule is CC1=CC(CN2CCOCC2)C(C(C)C)CC1Cc1nnc(-c2ccc(N(C)C)cc2)o1. The maximum absolute atomic E-state index is 6.08. The average molecular weight is 439 g/mol. The van der Waals surface area contributed by atoms with E-state index in [0.29, 0.717) is 29.6 Å². The van der Waals surface area contributed by atoms with Gasteiger partial charge in [-0.2, -0.15) is 0 Å². The Bertz CT molecular complexity index is 897. The monoisotopic (exact) mass is 438 g/mol. The van der Waals surface area contributed by atoms with Crippen molar-refractivity contribution in [2.45, 2.75) is 33.6 Å². The molecule has 1 aliphatic carbocycles. The van der Waals surface area contributed by atoms with Gasteiger partial charge in [-0.3, -0.25) is 4.90 Å². The Morgan fingerprint density at radius 3 is 2.47 bits per heavy atom. The van der Waals surface area contributed by atoms with Crippen LogP contribution in [0.1, 0.15) is 33.1 Å². The van der Waals surface area contributed by atoms with Gasteiger partial charge in [0, 0.05) is 51.4 Å². The van der Waals surface area contributed by atoms with Crippen LogP contribution in [0.2, 0.25) is 0 Å².